The average Bonchev–Trinajstić information content (AvgIpc) is 2.70. The number of halogens is 2. The van der Waals surface area contributed by atoms with E-state index in [1.165, 1.54) is 19.4 Å². The van der Waals surface area contributed by atoms with Gasteiger partial charge < -0.3 is 15.4 Å². The molecule has 0 spiro atoms. The molecule has 1 amide bonds. The van der Waals surface area contributed by atoms with Crippen molar-refractivity contribution in [2.45, 2.75) is 13.5 Å². The van der Waals surface area contributed by atoms with Gasteiger partial charge in [-0.15, -0.1) is 0 Å². The maximum atomic E-state index is 13.7. The number of carbonyl (C=O) groups is 1. The zero-order chi connectivity index (χ0) is 20.1. The quantitative estimate of drug-likeness (QED) is 0.608. The van der Waals surface area contributed by atoms with Crippen LogP contribution < -0.4 is 15.4 Å². The molecule has 1 heterocycles. The highest BCUT2D eigenvalue weighted by Crippen LogP contribution is 2.31. The van der Waals surface area contributed by atoms with Crippen molar-refractivity contribution in [3.05, 3.63) is 82.3 Å². The molecule has 0 saturated carbocycles. The first-order valence-electron chi connectivity index (χ1n) is 8.56. The smallest absolute Gasteiger partial charge is 0.255 e. The zero-order valence-corrected chi connectivity index (χ0v) is 16.2. The fraction of sp³-hybridized carbons (Fsp3) is 0.143. The highest BCUT2D eigenvalue weighted by Gasteiger charge is 2.13. The normalized spacial score (nSPS) is 10.4. The highest BCUT2D eigenvalue weighted by molar-refractivity contribution is 6.31. The molecule has 1 aromatic heterocycles. The number of aromatic nitrogens is 1. The third-order valence-electron chi connectivity index (χ3n) is 4.17. The summed E-state index contributed by atoms with van der Waals surface area (Å²) in [5.74, 6) is 0.316. The highest BCUT2D eigenvalue weighted by atomic mass is 35.5. The maximum Gasteiger partial charge on any atom is 0.255 e. The van der Waals surface area contributed by atoms with Gasteiger partial charge in [0.15, 0.2) is 0 Å². The number of aryl methyl sites for hydroxylation is 1. The van der Waals surface area contributed by atoms with Crippen molar-refractivity contribution in [2.75, 3.05) is 17.7 Å². The van der Waals surface area contributed by atoms with E-state index in [1.807, 2.05) is 6.92 Å². The molecular formula is C21H19ClFN3O2. The van der Waals surface area contributed by atoms with Crippen LogP contribution in [0.5, 0.6) is 5.75 Å². The van der Waals surface area contributed by atoms with Gasteiger partial charge in [-0.2, -0.15) is 0 Å². The predicted molar refractivity (Wildman–Crippen MR) is 109 cm³/mol. The van der Waals surface area contributed by atoms with Gasteiger partial charge in [-0.25, -0.2) is 9.37 Å². The lowest BCUT2D eigenvalue weighted by atomic mass is 10.2. The average molecular weight is 400 g/mol. The topological polar surface area (TPSA) is 63.2 Å². The van der Waals surface area contributed by atoms with Gasteiger partial charge in [0.2, 0.25) is 0 Å². The number of hydrogen-bond donors (Lipinski definition) is 2. The second-order valence-electron chi connectivity index (χ2n) is 6.13. The fourth-order valence-corrected chi connectivity index (χ4v) is 2.77. The van der Waals surface area contributed by atoms with Gasteiger partial charge in [-0.05, 0) is 36.8 Å². The van der Waals surface area contributed by atoms with Crippen LogP contribution in [0.4, 0.5) is 15.9 Å². The lowest BCUT2D eigenvalue weighted by molar-refractivity contribution is 0.102. The Kier molecular flexibility index (Phi) is 6.11. The second-order valence-corrected chi connectivity index (χ2v) is 6.54. The molecule has 28 heavy (non-hydrogen) atoms. The van der Waals surface area contributed by atoms with E-state index in [0.29, 0.717) is 33.4 Å². The van der Waals surface area contributed by atoms with E-state index in [9.17, 15) is 9.18 Å². The molecular weight excluding hydrogens is 381 g/mol. The molecule has 144 valence electrons. The Balaban J connectivity index is 1.74. The summed E-state index contributed by atoms with van der Waals surface area (Å²) in [5.41, 5.74) is 2.26. The van der Waals surface area contributed by atoms with Crippen LogP contribution >= 0.6 is 11.6 Å². The number of hydrogen-bond acceptors (Lipinski definition) is 4. The van der Waals surface area contributed by atoms with E-state index in [4.69, 9.17) is 16.3 Å². The molecule has 0 saturated heterocycles. The summed E-state index contributed by atoms with van der Waals surface area (Å²) in [5, 5.41) is 6.40. The van der Waals surface area contributed by atoms with Gasteiger partial charge in [-0.3, -0.25) is 4.79 Å². The third kappa shape index (κ3) is 4.58. The number of anilines is 2. The number of nitrogens with one attached hydrogen (secondary N) is 2. The molecule has 0 unspecified atom stereocenters. The molecule has 3 rings (SSSR count). The Labute approximate surface area is 167 Å². The SMILES string of the molecule is COc1cc(Cl)c(C)cc1NC(=O)c1ccnc(NCc2ccccc2F)c1. The number of rotatable bonds is 6. The standard InChI is InChI=1S/C21H19ClFN3O2/c1-13-9-18(19(28-2)11-16(13)22)26-21(27)14-7-8-24-20(10-14)25-12-15-5-3-4-6-17(15)23/h3-11H,12H2,1-2H3,(H,24,25)(H,26,27). The first-order chi connectivity index (χ1) is 13.5. The Bertz CT molecular complexity index is 1010. The minimum atomic E-state index is -0.323. The lowest BCUT2D eigenvalue weighted by Gasteiger charge is -2.13. The monoisotopic (exact) mass is 399 g/mol. The van der Waals surface area contributed by atoms with Gasteiger partial charge in [0.05, 0.1) is 12.8 Å². The second kappa shape index (κ2) is 8.71. The van der Waals surface area contributed by atoms with Gasteiger partial charge >= 0.3 is 0 Å². The molecule has 0 radical (unpaired) electrons. The van der Waals surface area contributed by atoms with Crippen LogP contribution in [0, 0.1) is 12.7 Å². The summed E-state index contributed by atoms with van der Waals surface area (Å²) in [6.45, 7) is 2.10. The van der Waals surface area contributed by atoms with Crippen molar-refractivity contribution in [1.29, 1.82) is 0 Å². The summed E-state index contributed by atoms with van der Waals surface area (Å²) in [7, 11) is 1.51. The molecule has 2 N–H and O–H groups in total. The largest absolute Gasteiger partial charge is 0.495 e. The first-order valence-corrected chi connectivity index (χ1v) is 8.94. The summed E-state index contributed by atoms with van der Waals surface area (Å²) >= 11 is 6.10. The van der Waals surface area contributed by atoms with Crippen molar-refractivity contribution in [1.82, 2.24) is 4.98 Å². The molecule has 5 nitrogen and oxygen atoms in total. The minimum absolute atomic E-state index is 0.259. The predicted octanol–water partition coefficient (Wildman–Crippen LogP) is 5.06. The summed E-state index contributed by atoms with van der Waals surface area (Å²) in [4.78, 5) is 16.8. The van der Waals surface area contributed by atoms with E-state index in [-0.39, 0.29) is 18.3 Å². The van der Waals surface area contributed by atoms with Crippen LogP contribution in [0.25, 0.3) is 0 Å². The van der Waals surface area contributed by atoms with Crippen molar-refractivity contribution >= 4 is 29.0 Å². The van der Waals surface area contributed by atoms with Crippen molar-refractivity contribution in [3.63, 3.8) is 0 Å². The van der Waals surface area contributed by atoms with E-state index < -0.39 is 0 Å². The van der Waals surface area contributed by atoms with Crippen LogP contribution in [-0.2, 0) is 6.54 Å². The number of nitrogens with zero attached hydrogens (tertiary/aromatic N) is 1. The molecule has 0 atom stereocenters. The summed E-state index contributed by atoms with van der Waals surface area (Å²) in [6, 6.07) is 13.1. The van der Waals surface area contributed by atoms with Crippen LogP contribution in [0.3, 0.4) is 0 Å². The Morgan fingerprint density at radius 1 is 1.21 bits per heavy atom. The van der Waals surface area contributed by atoms with Crippen molar-refractivity contribution in [2.24, 2.45) is 0 Å². The van der Waals surface area contributed by atoms with E-state index >= 15 is 0 Å². The molecule has 7 heteroatoms. The van der Waals surface area contributed by atoms with Gasteiger partial charge in [0, 0.05) is 35.0 Å². The van der Waals surface area contributed by atoms with E-state index in [0.717, 1.165) is 5.56 Å². The fourth-order valence-electron chi connectivity index (χ4n) is 2.62. The van der Waals surface area contributed by atoms with Crippen LogP contribution in [0.15, 0.2) is 54.7 Å². The number of amides is 1. The maximum absolute atomic E-state index is 13.7. The Hall–Kier alpha value is -3.12. The van der Waals surface area contributed by atoms with Crippen LogP contribution in [0.2, 0.25) is 5.02 Å². The number of carbonyl (C=O) groups excluding carboxylic acids is 1. The molecule has 0 aliphatic rings. The lowest BCUT2D eigenvalue weighted by Crippen LogP contribution is -2.14. The Morgan fingerprint density at radius 2 is 2.00 bits per heavy atom. The van der Waals surface area contributed by atoms with Gasteiger partial charge in [0.1, 0.15) is 17.4 Å². The van der Waals surface area contributed by atoms with Gasteiger partial charge in [0.25, 0.3) is 5.91 Å². The molecule has 2 aromatic carbocycles. The van der Waals surface area contributed by atoms with Crippen molar-refractivity contribution < 1.29 is 13.9 Å². The minimum Gasteiger partial charge on any atom is -0.495 e. The zero-order valence-electron chi connectivity index (χ0n) is 15.4. The third-order valence-corrected chi connectivity index (χ3v) is 4.58. The van der Waals surface area contributed by atoms with Gasteiger partial charge in [-0.1, -0.05) is 29.8 Å². The van der Waals surface area contributed by atoms with Crippen LogP contribution in [-0.4, -0.2) is 18.0 Å². The number of pyridine rings is 1. The summed E-state index contributed by atoms with van der Waals surface area (Å²) in [6.07, 6.45) is 1.52. The molecule has 0 bridgehead atoms. The summed E-state index contributed by atoms with van der Waals surface area (Å²) < 4.78 is 19.0. The van der Waals surface area contributed by atoms with Crippen LogP contribution in [0.1, 0.15) is 21.5 Å². The Morgan fingerprint density at radius 3 is 2.75 bits per heavy atom. The molecule has 0 aliphatic carbocycles. The molecule has 3 aromatic rings. The molecule has 0 fully saturated rings. The number of ether oxygens (including phenoxy) is 1. The van der Waals surface area contributed by atoms with E-state index in [1.54, 1.807) is 42.5 Å². The van der Waals surface area contributed by atoms with E-state index in [2.05, 4.69) is 15.6 Å². The number of methoxy groups -OCH3 is 1. The molecule has 0 aliphatic heterocycles. The van der Waals surface area contributed by atoms with Crippen molar-refractivity contribution in [3.8, 4) is 5.75 Å². The first kappa shape index (κ1) is 19.6. The number of benzene rings is 2.